The van der Waals surface area contributed by atoms with Gasteiger partial charge in [-0.1, -0.05) is 12.1 Å². The maximum absolute atomic E-state index is 13.2. The van der Waals surface area contributed by atoms with Crippen molar-refractivity contribution in [2.45, 2.75) is 43.7 Å². The smallest absolute Gasteiger partial charge is 0.322 e. The molecule has 0 radical (unpaired) electrons. The van der Waals surface area contributed by atoms with Crippen LogP contribution >= 0.6 is 0 Å². The Morgan fingerprint density at radius 1 is 1.10 bits per heavy atom. The van der Waals surface area contributed by atoms with Gasteiger partial charge in [0.2, 0.25) is 0 Å². The number of urea groups is 1. The molecule has 0 bridgehead atoms. The van der Waals surface area contributed by atoms with E-state index in [4.69, 9.17) is 14.7 Å². The van der Waals surface area contributed by atoms with Crippen molar-refractivity contribution in [1.29, 1.82) is 5.26 Å². The van der Waals surface area contributed by atoms with Gasteiger partial charge in [0.1, 0.15) is 11.5 Å². The fourth-order valence-electron chi connectivity index (χ4n) is 5.62. The fraction of sp³-hybridized carbons (Fsp3) is 0.375. The highest BCUT2D eigenvalue weighted by atomic mass is 16.5. The number of benzene rings is 2. The summed E-state index contributed by atoms with van der Waals surface area (Å²) < 4.78 is 11.5. The average molecular weight is 417 g/mol. The molecule has 1 unspecified atom stereocenters. The maximum atomic E-state index is 13.2. The minimum Gasteiger partial charge on any atom is -0.457 e. The van der Waals surface area contributed by atoms with Crippen molar-refractivity contribution in [3.8, 4) is 17.6 Å². The monoisotopic (exact) mass is 417 g/mol. The number of ether oxygens (including phenoxy) is 2. The molecule has 7 nitrogen and oxygen atoms in total. The highest BCUT2D eigenvalue weighted by Crippen LogP contribution is 2.59. The lowest BCUT2D eigenvalue weighted by molar-refractivity contribution is -0.131. The van der Waals surface area contributed by atoms with Crippen molar-refractivity contribution in [3.63, 3.8) is 0 Å². The van der Waals surface area contributed by atoms with Crippen molar-refractivity contribution < 1.29 is 19.1 Å². The molecule has 0 aromatic heterocycles. The molecule has 1 heterocycles. The van der Waals surface area contributed by atoms with Crippen LogP contribution in [0.2, 0.25) is 0 Å². The molecule has 2 aliphatic carbocycles. The maximum Gasteiger partial charge on any atom is 0.322 e. The normalized spacial score (nSPS) is 28.8. The molecule has 31 heavy (non-hydrogen) atoms. The van der Waals surface area contributed by atoms with Gasteiger partial charge in [-0.2, -0.15) is 5.26 Å². The van der Waals surface area contributed by atoms with Crippen molar-refractivity contribution >= 4 is 11.9 Å². The van der Waals surface area contributed by atoms with Crippen LogP contribution in [0.3, 0.4) is 0 Å². The number of rotatable bonds is 3. The summed E-state index contributed by atoms with van der Waals surface area (Å²) in [6, 6.07) is 14.3. The number of nitrogens with zero attached hydrogens (tertiary/aromatic N) is 1. The van der Waals surface area contributed by atoms with E-state index in [9.17, 15) is 9.59 Å². The first-order chi connectivity index (χ1) is 15.0. The lowest BCUT2D eigenvalue weighted by Gasteiger charge is -2.46. The van der Waals surface area contributed by atoms with E-state index in [1.165, 1.54) is 0 Å². The van der Waals surface area contributed by atoms with Gasteiger partial charge in [-0.3, -0.25) is 10.1 Å². The van der Waals surface area contributed by atoms with Crippen molar-refractivity contribution in [1.82, 2.24) is 10.6 Å². The van der Waals surface area contributed by atoms with Gasteiger partial charge in [0.05, 0.1) is 17.7 Å². The molecule has 158 valence electrons. The first-order valence-electron chi connectivity index (χ1n) is 10.5. The fourth-order valence-corrected chi connectivity index (χ4v) is 5.62. The summed E-state index contributed by atoms with van der Waals surface area (Å²) in [4.78, 5) is 25.5. The summed E-state index contributed by atoms with van der Waals surface area (Å²) >= 11 is 0. The molecule has 1 saturated carbocycles. The zero-order valence-electron chi connectivity index (χ0n) is 17.2. The van der Waals surface area contributed by atoms with Gasteiger partial charge in [-0.05, 0) is 73.6 Å². The van der Waals surface area contributed by atoms with E-state index < -0.39 is 11.6 Å². The second kappa shape index (κ2) is 7.10. The lowest BCUT2D eigenvalue weighted by Crippen LogP contribution is -2.56. The van der Waals surface area contributed by atoms with Gasteiger partial charge in [0.25, 0.3) is 5.91 Å². The van der Waals surface area contributed by atoms with E-state index in [-0.39, 0.29) is 17.4 Å². The van der Waals surface area contributed by atoms with Crippen LogP contribution in [0.1, 0.15) is 42.4 Å². The van der Waals surface area contributed by atoms with Gasteiger partial charge in [0, 0.05) is 12.5 Å². The molecule has 2 spiro atoms. The van der Waals surface area contributed by atoms with E-state index in [1.54, 1.807) is 31.4 Å². The van der Waals surface area contributed by atoms with Crippen molar-refractivity contribution in [2.24, 2.45) is 5.41 Å². The van der Waals surface area contributed by atoms with Gasteiger partial charge in [-0.15, -0.1) is 0 Å². The number of nitrogens with one attached hydrogen (secondary N) is 2. The number of carbonyl (C=O) groups is 2. The Labute approximate surface area is 180 Å². The third-order valence-corrected chi connectivity index (χ3v) is 7.10. The SMILES string of the molecule is COC1CCC2(CC1)Cc1ccc(Oc3cccc(C#N)c3)cc1C21NC(=O)NC1=O. The number of hydrogen-bond acceptors (Lipinski definition) is 5. The molecule has 3 amide bonds. The van der Waals surface area contributed by atoms with Crippen LogP contribution in [-0.2, 0) is 21.5 Å². The second-order valence-corrected chi connectivity index (χ2v) is 8.61. The Balaban J connectivity index is 1.55. The van der Waals surface area contributed by atoms with Crippen LogP contribution in [0.5, 0.6) is 11.5 Å². The van der Waals surface area contributed by atoms with Gasteiger partial charge in [0.15, 0.2) is 5.54 Å². The molecule has 2 N–H and O–H groups in total. The lowest BCUT2D eigenvalue weighted by atomic mass is 9.61. The summed E-state index contributed by atoms with van der Waals surface area (Å²) in [7, 11) is 1.72. The highest BCUT2D eigenvalue weighted by molar-refractivity contribution is 6.08. The first kappa shape index (κ1) is 19.6. The molecule has 5 rings (SSSR count). The van der Waals surface area contributed by atoms with E-state index >= 15 is 0 Å². The zero-order chi connectivity index (χ0) is 21.6. The van der Waals surface area contributed by atoms with E-state index in [1.807, 2.05) is 18.2 Å². The molecular weight excluding hydrogens is 394 g/mol. The van der Waals surface area contributed by atoms with Crippen LogP contribution in [0.4, 0.5) is 4.79 Å². The van der Waals surface area contributed by atoms with Crippen molar-refractivity contribution in [2.75, 3.05) is 7.11 Å². The predicted octanol–water partition coefficient (Wildman–Crippen LogP) is 3.52. The average Bonchev–Trinajstić information content (AvgIpc) is 3.23. The molecule has 2 aromatic carbocycles. The summed E-state index contributed by atoms with van der Waals surface area (Å²) in [5, 5.41) is 14.6. The third kappa shape index (κ3) is 2.90. The first-order valence-corrected chi connectivity index (χ1v) is 10.5. The quantitative estimate of drug-likeness (QED) is 0.745. The highest BCUT2D eigenvalue weighted by Gasteiger charge is 2.66. The van der Waals surface area contributed by atoms with Gasteiger partial charge >= 0.3 is 6.03 Å². The minimum absolute atomic E-state index is 0.179. The molecular formula is C24H23N3O4. The number of amides is 3. The summed E-state index contributed by atoms with van der Waals surface area (Å²) in [5.41, 5.74) is 0.852. The van der Waals surface area contributed by atoms with Crippen LogP contribution in [0.15, 0.2) is 42.5 Å². The van der Waals surface area contributed by atoms with Crippen molar-refractivity contribution in [3.05, 3.63) is 59.2 Å². The Hall–Kier alpha value is -3.37. The predicted molar refractivity (Wildman–Crippen MR) is 111 cm³/mol. The Morgan fingerprint density at radius 3 is 2.55 bits per heavy atom. The number of methoxy groups -OCH3 is 1. The van der Waals surface area contributed by atoms with Gasteiger partial charge < -0.3 is 14.8 Å². The van der Waals surface area contributed by atoms with Gasteiger partial charge in [-0.25, -0.2) is 4.79 Å². The number of hydrogen-bond donors (Lipinski definition) is 2. The molecule has 7 heteroatoms. The standard InChI is InChI=1S/C24H23N3O4/c1-30-17-7-9-23(10-8-17)13-16-5-6-19(31-18-4-2-3-15(11-18)14-25)12-20(16)24(23)21(28)26-22(29)27-24/h2-6,11-12,17H,7-10,13H2,1H3,(H2,26,27,28,29). The molecule has 1 atom stereocenters. The number of carbonyl (C=O) groups excluding carboxylic acids is 2. The Morgan fingerprint density at radius 2 is 1.87 bits per heavy atom. The molecule has 3 aliphatic rings. The van der Waals surface area contributed by atoms with Crippen LogP contribution in [0.25, 0.3) is 0 Å². The Kier molecular flexibility index (Phi) is 4.49. The Bertz CT molecular complexity index is 1110. The zero-order valence-corrected chi connectivity index (χ0v) is 17.2. The molecule has 1 saturated heterocycles. The topological polar surface area (TPSA) is 100 Å². The van der Waals surface area contributed by atoms with E-state index in [2.05, 4.69) is 16.7 Å². The van der Waals surface area contributed by atoms with Crippen LogP contribution in [0, 0.1) is 16.7 Å². The molecule has 2 fully saturated rings. The third-order valence-electron chi connectivity index (χ3n) is 7.10. The summed E-state index contributed by atoms with van der Waals surface area (Å²) in [5.74, 6) is 0.807. The summed E-state index contributed by atoms with van der Waals surface area (Å²) in [6.07, 6.45) is 4.16. The van der Waals surface area contributed by atoms with E-state index in [0.717, 1.165) is 43.2 Å². The minimum atomic E-state index is -1.11. The number of imide groups is 1. The van der Waals surface area contributed by atoms with E-state index in [0.29, 0.717) is 17.1 Å². The van der Waals surface area contributed by atoms with Crippen LogP contribution in [-0.4, -0.2) is 25.2 Å². The molecule has 1 aliphatic heterocycles. The second-order valence-electron chi connectivity index (χ2n) is 8.61. The molecule has 2 aromatic rings. The summed E-state index contributed by atoms with van der Waals surface area (Å²) in [6.45, 7) is 0. The van der Waals surface area contributed by atoms with Crippen LogP contribution < -0.4 is 15.4 Å². The number of fused-ring (bicyclic) bond motifs is 3. The largest absolute Gasteiger partial charge is 0.457 e. The number of nitriles is 1.